The molecule has 1 heterocycles. The van der Waals surface area contributed by atoms with E-state index in [0.29, 0.717) is 30.6 Å². The molecule has 0 aliphatic carbocycles. The van der Waals surface area contributed by atoms with Gasteiger partial charge in [-0.25, -0.2) is 13.1 Å². The molecule has 0 amide bonds. The van der Waals surface area contributed by atoms with E-state index < -0.39 is 10.0 Å². The summed E-state index contributed by atoms with van der Waals surface area (Å²) in [4.78, 5) is 2.74. The maximum absolute atomic E-state index is 12.8. The van der Waals surface area contributed by atoms with Gasteiger partial charge in [0.25, 0.3) is 0 Å². The Morgan fingerprint density at radius 1 is 1.12 bits per heavy atom. The molecule has 1 saturated heterocycles. The lowest BCUT2D eigenvalue weighted by molar-refractivity contribution is 0.00776. The molecule has 1 unspecified atom stereocenters. The molecular weight excluding hydrogens is 324 g/mol. The molecule has 0 saturated carbocycles. The van der Waals surface area contributed by atoms with E-state index in [4.69, 9.17) is 4.74 Å². The summed E-state index contributed by atoms with van der Waals surface area (Å²) in [5.74, 6) is 0.367. The molecule has 6 heteroatoms. The summed E-state index contributed by atoms with van der Waals surface area (Å²) in [6.45, 7) is 13.5. The SMILES string of the molecule is Cc1cc(C)c(S(=O)(=O)NCC(C(C)C)N2CCOCC2)c(C)c1. The van der Waals surface area contributed by atoms with Gasteiger partial charge in [0.2, 0.25) is 10.0 Å². The van der Waals surface area contributed by atoms with Crippen molar-refractivity contribution in [2.24, 2.45) is 5.92 Å². The van der Waals surface area contributed by atoms with Crippen LogP contribution in [0.4, 0.5) is 0 Å². The summed E-state index contributed by atoms with van der Waals surface area (Å²) in [6.07, 6.45) is 0. The molecule has 136 valence electrons. The average Bonchev–Trinajstić information content (AvgIpc) is 2.46. The molecule has 2 rings (SSSR count). The molecule has 0 radical (unpaired) electrons. The van der Waals surface area contributed by atoms with Crippen molar-refractivity contribution < 1.29 is 13.2 Å². The third kappa shape index (κ3) is 4.57. The minimum absolute atomic E-state index is 0.176. The Bertz CT molecular complexity index is 642. The third-order valence-electron chi connectivity index (χ3n) is 4.64. The van der Waals surface area contributed by atoms with Crippen LogP contribution in [0.25, 0.3) is 0 Å². The van der Waals surface area contributed by atoms with Crippen molar-refractivity contribution >= 4 is 10.0 Å². The van der Waals surface area contributed by atoms with E-state index in [2.05, 4.69) is 23.5 Å². The maximum Gasteiger partial charge on any atom is 0.241 e. The van der Waals surface area contributed by atoms with Crippen LogP contribution in [-0.4, -0.2) is 52.2 Å². The second-order valence-electron chi connectivity index (χ2n) is 7.04. The molecule has 1 aliphatic rings. The van der Waals surface area contributed by atoms with Crippen molar-refractivity contribution in [2.75, 3.05) is 32.8 Å². The molecule has 5 nitrogen and oxygen atoms in total. The molecule has 0 bridgehead atoms. The molecular formula is C18H30N2O3S. The monoisotopic (exact) mass is 354 g/mol. The maximum atomic E-state index is 12.8. The van der Waals surface area contributed by atoms with Crippen LogP contribution in [-0.2, 0) is 14.8 Å². The number of sulfonamides is 1. The minimum atomic E-state index is -3.51. The van der Waals surface area contributed by atoms with Crippen LogP contribution in [0.3, 0.4) is 0 Å². The number of nitrogens with zero attached hydrogens (tertiary/aromatic N) is 1. The fourth-order valence-electron chi connectivity index (χ4n) is 3.55. The van der Waals surface area contributed by atoms with Gasteiger partial charge in [-0.15, -0.1) is 0 Å². The summed E-state index contributed by atoms with van der Waals surface area (Å²) < 4.78 is 33.9. The number of rotatable bonds is 6. The molecule has 0 spiro atoms. The van der Waals surface area contributed by atoms with Gasteiger partial charge in [0.05, 0.1) is 18.1 Å². The normalized spacial score (nSPS) is 18.1. The van der Waals surface area contributed by atoms with Gasteiger partial charge in [-0.05, 0) is 37.8 Å². The van der Waals surface area contributed by atoms with Crippen LogP contribution in [0.5, 0.6) is 0 Å². The highest BCUT2D eigenvalue weighted by Gasteiger charge is 2.27. The highest BCUT2D eigenvalue weighted by atomic mass is 32.2. The van der Waals surface area contributed by atoms with E-state index >= 15 is 0 Å². The van der Waals surface area contributed by atoms with Gasteiger partial charge in [0.1, 0.15) is 0 Å². The Kier molecular flexibility index (Phi) is 6.42. The number of benzene rings is 1. The van der Waals surface area contributed by atoms with Gasteiger partial charge in [-0.1, -0.05) is 31.5 Å². The number of ether oxygens (including phenoxy) is 1. The van der Waals surface area contributed by atoms with Crippen molar-refractivity contribution in [3.63, 3.8) is 0 Å². The Hall–Kier alpha value is -0.950. The lowest BCUT2D eigenvalue weighted by Gasteiger charge is -2.37. The van der Waals surface area contributed by atoms with E-state index in [1.165, 1.54) is 0 Å². The van der Waals surface area contributed by atoms with Gasteiger partial charge in [-0.3, -0.25) is 4.90 Å². The number of hydrogen-bond acceptors (Lipinski definition) is 4. The standard InChI is InChI=1S/C18H30N2O3S/c1-13(2)17(20-6-8-23-9-7-20)12-19-24(21,22)18-15(4)10-14(3)11-16(18)5/h10-11,13,17,19H,6-9,12H2,1-5H3. The largest absolute Gasteiger partial charge is 0.379 e. The molecule has 1 fully saturated rings. The third-order valence-corrected chi connectivity index (χ3v) is 6.37. The molecule has 1 aliphatic heterocycles. The van der Waals surface area contributed by atoms with Crippen molar-refractivity contribution in [1.29, 1.82) is 0 Å². The van der Waals surface area contributed by atoms with Crippen LogP contribution in [0.15, 0.2) is 17.0 Å². The van der Waals surface area contributed by atoms with E-state index in [-0.39, 0.29) is 6.04 Å². The van der Waals surface area contributed by atoms with E-state index in [0.717, 1.165) is 29.8 Å². The van der Waals surface area contributed by atoms with Crippen molar-refractivity contribution in [1.82, 2.24) is 9.62 Å². The quantitative estimate of drug-likeness (QED) is 0.851. The molecule has 0 aromatic heterocycles. The second-order valence-corrected chi connectivity index (χ2v) is 8.74. The number of morpholine rings is 1. The predicted octanol–water partition coefficient (Wildman–Crippen LogP) is 2.25. The van der Waals surface area contributed by atoms with Crippen molar-refractivity contribution in [3.8, 4) is 0 Å². The number of hydrogen-bond donors (Lipinski definition) is 1. The van der Waals surface area contributed by atoms with Gasteiger partial charge in [-0.2, -0.15) is 0 Å². The summed E-state index contributed by atoms with van der Waals surface area (Å²) in [5, 5.41) is 0. The lowest BCUT2D eigenvalue weighted by atomic mass is 10.0. The zero-order chi connectivity index (χ0) is 17.9. The first-order valence-corrected chi connectivity index (χ1v) is 10.1. The topological polar surface area (TPSA) is 58.6 Å². The fraction of sp³-hybridized carbons (Fsp3) is 0.667. The zero-order valence-electron chi connectivity index (χ0n) is 15.4. The summed E-state index contributed by atoms with van der Waals surface area (Å²) >= 11 is 0. The van der Waals surface area contributed by atoms with Crippen LogP contribution >= 0.6 is 0 Å². The first kappa shape index (κ1) is 19.4. The highest BCUT2D eigenvalue weighted by Crippen LogP contribution is 2.22. The van der Waals surface area contributed by atoms with Crippen molar-refractivity contribution in [2.45, 2.75) is 45.6 Å². The summed E-state index contributed by atoms with van der Waals surface area (Å²) in [6, 6.07) is 4.02. The predicted molar refractivity (Wildman–Crippen MR) is 96.9 cm³/mol. The Morgan fingerprint density at radius 2 is 1.67 bits per heavy atom. The van der Waals surface area contributed by atoms with Crippen LogP contribution in [0.1, 0.15) is 30.5 Å². The first-order chi connectivity index (χ1) is 11.2. The molecule has 1 atom stereocenters. The molecule has 24 heavy (non-hydrogen) atoms. The number of aryl methyl sites for hydroxylation is 3. The first-order valence-electron chi connectivity index (χ1n) is 8.61. The Labute approximate surface area is 146 Å². The number of nitrogens with one attached hydrogen (secondary N) is 1. The molecule has 1 aromatic rings. The van der Waals surface area contributed by atoms with Gasteiger partial charge in [0, 0.05) is 25.7 Å². The van der Waals surface area contributed by atoms with Crippen molar-refractivity contribution in [3.05, 3.63) is 28.8 Å². The second kappa shape index (κ2) is 7.95. The smallest absolute Gasteiger partial charge is 0.241 e. The Morgan fingerprint density at radius 3 is 2.17 bits per heavy atom. The summed E-state index contributed by atoms with van der Waals surface area (Å²) in [7, 11) is -3.51. The van der Waals surface area contributed by atoms with Crippen LogP contribution < -0.4 is 4.72 Å². The van der Waals surface area contributed by atoms with Crippen LogP contribution in [0.2, 0.25) is 0 Å². The van der Waals surface area contributed by atoms with E-state index in [9.17, 15) is 8.42 Å². The minimum Gasteiger partial charge on any atom is -0.379 e. The van der Waals surface area contributed by atoms with Gasteiger partial charge >= 0.3 is 0 Å². The van der Waals surface area contributed by atoms with Crippen LogP contribution in [0, 0.1) is 26.7 Å². The van der Waals surface area contributed by atoms with Gasteiger partial charge in [0.15, 0.2) is 0 Å². The molecule has 1 N–H and O–H groups in total. The zero-order valence-corrected chi connectivity index (χ0v) is 16.2. The molecule has 1 aromatic carbocycles. The van der Waals surface area contributed by atoms with Gasteiger partial charge < -0.3 is 4.74 Å². The fourth-order valence-corrected chi connectivity index (χ4v) is 5.05. The van der Waals surface area contributed by atoms with E-state index in [1.54, 1.807) is 0 Å². The lowest BCUT2D eigenvalue weighted by Crippen LogP contribution is -2.51. The average molecular weight is 355 g/mol. The summed E-state index contributed by atoms with van der Waals surface area (Å²) in [5.41, 5.74) is 2.68. The highest BCUT2D eigenvalue weighted by molar-refractivity contribution is 7.89. The Balaban J connectivity index is 2.16. The van der Waals surface area contributed by atoms with E-state index in [1.807, 2.05) is 32.9 Å².